The van der Waals surface area contributed by atoms with E-state index in [1.54, 1.807) is 12.1 Å². The Hall–Kier alpha value is -1.96. The normalized spacial score (nSPS) is 14.9. The average molecular weight is 398 g/mol. The Labute approximate surface area is 169 Å². The first-order chi connectivity index (χ1) is 13.1. The number of aliphatic hydroxyl groups excluding tert-OH is 2. The molecule has 2 rings (SSSR count). The van der Waals surface area contributed by atoms with Crippen molar-refractivity contribution in [3.8, 4) is 0 Å². The maximum Gasteiger partial charge on any atom is 0.258 e. The molecule has 2 amide bonds. The lowest BCUT2D eigenvalue weighted by molar-refractivity contribution is -0.127. The van der Waals surface area contributed by atoms with E-state index in [9.17, 15) is 9.59 Å². The molecule has 0 saturated carbocycles. The van der Waals surface area contributed by atoms with Crippen molar-refractivity contribution < 1.29 is 19.8 Å². The summed E-state index contributed by atoms with van der Waals surface area (Å²) in [5.74, 6) is -0.850. The SMILES string of the molecule is CCCCC1C(=O)NN(c2ccccc2)C1=O.CCCCO.CCCCO.N. The van der Waals surface area contributed by atoms with E-state index >= 15 is 0 Å². The number of amides is 2. The molecule has 0 aromatic heterocycles. The Balaban J connectivity index is 0. The van der Waals surface area contributed by atoms with E-state index in [2.05, 4.69) is 19.3 Å². The van der Waals surface area contributed by atoms with E-state index in [4.69, 9.17) is 10.2 Å². The number of hydrogen-bond donors (Lipinski definition) is 4. The second-order valence-corrected chi connectivity index (χ2v) is 6.33. The molecule has 0 aliphatic carbocycles. The molecule has 0 spiro atoms. The largest absolute Gasteiger partial charge is 0.396 e. The van der Waals surface area contributed by atoms with Crippen molar-refractivity contribution in [2.75, 3.05) is 18.2 Å². The molecule has 6 N–H and O–H groups in total. The van der Waals surface area contributed by atoms with Gasteiger partial charge < -0.3 is 16.4 Å². The summed E-state index contributed by atoms with van der Waals surface area (Å²) in [4.78, 5) is 23.8. The Morgan fingerprint density at radius 3 is 1.79 bits per heavy atom. The van der Waals surface area contributed by atoms with Crippen molar-refractivity contribution in [2.45, 2.75) is 65.7 Å². The molecule has 0 radical (unpaired) electrons. The Morgan fingerprint density at radius 2 is 1.39 bits per heavy atom. The number of hydrazine groups is 1. The first-order valence-corrected chi connectivity index (χ1v) is 9.98. The predicted octanol–water partition coefficient (Wildman–Crippen LogP) is 3.59. The summed E-state index contributed by atoms with van der Waals surface area (Å²) in [7, 11) is 0. The van der Waals surface area contributed by atoms with Crippen LogP contribution in [0.2, 0.25) is 0 Å². The number of aliphatic hydroxyl groups is 2. The van der Waals surface area contributed by atoms with E-state index in [-0.39, 0.29) is 18.0 Å². The monoisotopic (exact) mass is 397 g/mol. The van der Waals surface area contributed by atoms with Crippen molar-refractivity contribution in [1.29, 1.82) is 0 Å². The van der Waals surface area contributed by atoms with Gasteiger partial charge in [0.2, 0.25) is 0 Å². The molecule has 162 valence electrons. The lowest BCUT2D eigenvalue weighted by Crippen LogP contribution is -2.35. The first kappa shape index (κ1) is 28.3. The first-order valence-electron chi connectivity index (χ1n) is 9.98. The van der Waals surface area contributed by atoms with Gasteiger partial charge in [-0.15, -0.1) is 0 Å². The maximum atomic E-state index is 12.1. The molecule has 1 heterocycles. The number of benzene rings is 1. The molecule has 1 aliphatic rings. The summed E-state index contributed by atoms with van der Waals surface area (Å²) in [5.41, 5.74) is 3.34. The zero-order valence-electron chi connectivity index (χ0n) is 17.7. The van der Waals surface area contributed by atoms with Crippen LogP contribution in [-0.2, 0) is 9.59 Å². The zero-order chi connectivity index (χ0) is 20.5. The average Bonchev–Trinajstić information content (AvgIpc) is 2.97. The van der Waals surface area contributed by atoms with Crippen molar-refractivity contribution >= 4 is 17.5 Å². The molecule has 7 nitrogen and oxygen atoms in total. The molecule has 7 heteroatoms. The zero-order valence-corrected chi connectivity index (χ0v) is 17.7. The minimum atomic E-state index is -0.518. The van der Waals surface area contributed by atoms with Gasteiger partial charge >= 0.3 is 0 Å². The number of rotatable bonds is 8. The Bertz CT molecular complexity index is 502. The van der Waals surface area contributed by atoms with Gasteiger partial charge in [0.15, 0.2) is 0 Å². The molecule has 28 heavy (non-hydrogen) atoms. The smallest absolute Gasteiger partial charge is 0.258 e. The second kappa shape index (κ2) is 18.4. The second-order valence-electron chi connectivity index (χ2n) is 6.33. The van der Waals surface area contributed by atoms with Crippen molar-refractivity contribution in [1.82, 2.24) is 11.6 Å². The van der Waals surface area contributed by atoms with Gasteiger partial charge in [0.25, 0.3) is 11.8 Å². The van der Waals surface area contributed by atoms with Crippen LogP contribution in [0.1, 0.15) is 65.7 Å². The number of carbonyl (C=O) groups is 2. The summed E-state index contributed by atoms with van der Waals surface area (Å²) in [6, 6.07) is 9.17. The topological polar surface area (TPSA) is 125 Å². The van der Waals surface area contributed by atoms with Crippen LogP contribution in [-0.4, -0.2) is 35.2 Å². The van der Waals surface area contributed by atoms with Gasteiger partial charge in [-0.2, -0.15) is 0 Å². The Kier molecular flexibility index (Phi) is 18.6. The molecular weight excluding hydrogens is 358 g/mol. The van der Waals surface area contributed by atoms with Crippen LogP contribution in [0, 0.1) is 5.92 Å². The molecular formula is C21H39N3O4. The van der Waals surface area contributed by atoms with E-state index in [0.29, 0.717) is 25.3 Å². The van der Waals surface area contributed by atoms with Gasteiger partial charge in [-0.3, -0.25) is 15.0 Å². The van der Waals surface area contributed by atoms with Crippen LogP contribution in [0.5, 0.6) is 0 Å². The van der Waals surface area contributed by atoms with Gasteiger partial charge in [-0.25, -0.2) is 5.01 Å². The highest BCUT2D eigenvalue weighted by Crippen LogP contribution is 2.22. The summed E-state index contributed by atoms with van der Waals surface area (Å²) in [6.45, 7) is 6.84. The van der Waals surface area contributed by atoms with Crippen molar-refractivity contribution in [3.05, 3.63) is 30.3 Å². The standard InChI is InChI=1S/C13H16N2O2.2C4H10O.H3N/c1-2-3-9-11-12(16)14-15(13(11)17)10-7-5-4-6-8-10;2*1-2-3-4-5;/h4-8,11H,2-3,9H2,1H3,(H,14,16);2*5H,2-4H2,1H3;1H3. The van der Waals surface area contributed by atoms with Gasteiger partial charge in [0, 0.05) is 13.2 Å². The molecule has 1 fully saturated rings. The van der Waals surface area contributed by atoms with Gasteiger partial charge in [-0.05, 0) is 31.4 Å². The van der Waals surface area contributed by atoms with Crippen LogP contribution in [0.15, 0.2) is 30.3 Å². The van der Waals surface area contributed by atoms with Crippen molar-refractivity contribution in [3.63, 3.8) is 0 Å². The molecule has 0 bridgehead atoms. The van der Waals surface area contributed by atoms with E-state index in [0.717, 1.165) is 38.5 Å². The third kappa shape index (κ3) is 11.0. The highest BCUT2D eigenvalue weighted by molar-refractivity contribution is 6.14. The molecule has 1 unspecified atom stereocenters. The summed E-state index contributed by atoms with van der Waals surface area (Å²) < 4.78 is 0. The van der Waals surface area contributed by atoms with E-state index in [1.807, 2.05) is 25.1 Å². The summed E-state index contributed by atoms with van der Waals surface area (Å²) >= 11 is 0. The number of nitrogens with one attached hydrogen (secondary N) is 1. The lowest BCUT2D eigenvalue weighted by atomic mass is 10.0. The third-order valence-electron chi connectivity index (χ3n) is 3.94. The number of para-hydroxylation sites is 1. The maximum absolute atomic E-state index is 12.1. The molecule has 1 aromatic rings. The highest BCUT2D eigenvalue weighted by atomic mass is 16.3. The molecule has 1 atom stereocenters. The van der Waals surface area contributed by atoms with Gasteiger partial charge in [0.1, 0.15) is 5.92 Å². The number of anilines is 1. The fourth-order valence-electron chi connectivity index (χ4n) is 2.26. The number of unbranched alkanes of at least 4 members (excludes halogenated alkanes) is 3. The number of carbonyl (C=O) groups excluding carboxylic acids is 2. The minimum absolute atomic E-state index is 0. The van der Waals surface area contributed by atoms with Crippen LogP contribution >= 0.6 is 0 Å². The van der Waals surface area contributed by atoms with Gasteiger partial charge in [-0.1, -0.05) is 64.7 Å². The summed E-state index contributed by atoms with van der Waals surface area (Å²) in [5, 5.41) is 17.5. The lowest BCUT2D eigenvalue weighted by Gasteiger charge is -2.14. The predicted molar refractivity (Wildman–Crippen MR) is 114 cm³/mol. The summed E-state index contributed by atoms with van der Waals surface area (Å²) in [6.07, 6.45) is 6.59. The molecule has 1 aliphatic heterocycles. The minimum Gasteiger partial charge on any atom is -0.396 e. The molecule has 1 aromatic carbocycles. The van der Waals surface area contributed by atoms with Crippen LogP contribution < -0.4 is 16.6 Å². The number of nitrogens with zero attached hydrogens (tertiary/aromatic N) is 1. The van der Waals surface area contributed by atoms with E-state index < -0.39 is 5.92 Å². The van der Waals surface area contributed by atoms with Crippen LogP contribution in [0.25, 0.3) is 0 Å². The quantitative estimate of drug-likeness (QED) is 0.499. The number of hydrogen-bond acceptors (Lipinski definition) is 5. The Morgan fingerprint density at radius 1 is 0.893 bits per heavy atom. The highest BCUT2D eigenvalue weighted by Gasteiger charge is 2.39. The fourth-order valence-corrected chi connectivity index (χ4v) is 2.26. The van der Waals surface area contributed by atoms with Crippen LogP contribution in [0.4, 0.5) is 5.69 Å². The van der Waals surface area contributed by atoms with Crippen LogP contribution in [0.3, 0.4) is 0 Å². The van der Waals surface area contributed by atoms with Crippen molar-refractivity contribution in [2.24, 2.45) is 5.92 Å². The fraction of sp³-hybridized carbons (Fsp3) is 0.619. The third-order valence-corrected chi connectivity index (χ3v) is 3.94. The van der Waals surface area contributed by atoms with Gasteiger partial charge in [0.05, 0.1) is 5.69 Å². The van der Waals surface area contributed by atoms with E-state index in [1.165, 1.54) is 5.01 Å². The molecule has 1 saturated heterocycles.